The first-order valence-corrected chi connectivity index (χ1v) is 8.09. The van der Waals surface area contributed by atoms with E-state index in [1.54, 1.807) is 18.2 Å². The number of hydrogen-bond acceptors (Lipinski definition) is 5. The maximum absolute atomic E-state index is 12.3. The molecule has 5 nitrogen and oxygen atoms in total. The molecule has 0 saturated heterocycles. The van der Waals surface area contributed by atoms with Crippen LogP contribution in [0, 0.1) is 5.92 Å². The monoisotopic (exact) mass is 280 g/mol. The van der Waals surface area contributed by atoms with E-state index in [4.69, 9.17) is 10.2 Å². The maximum atomic E-state index is 12.3. The van der Waals surface area contributed by atoms with Gasteiger partial charge in [0.25, 0.3) is 0 Å². The Labute approximate surface area is 111 Å². The number of nitrogens with two attached hydrogens (primary N) is 1. The Morgan fingerprint density at radius 3 is 2.79 bits per heavy atom. The molecule has 3 rings (SSSR count). The van der Waals surface area contributed by atoms with Crippen molar-refractivity contribution in [2.75, 3.05) is 11.5 Å². The lowest BCUT2D eigenvalue weighted by atomic mass is 10.1. The molecule has 19 heavy (non-hydrogen) atoms. The average molecular weight is 280 g/mol. The predicted octanol–water partition coefficient (Wildman–Crippen LogP) is 2.37. The topological polar surface area (TPSA) is 86.2 Å². The van der Waals surface area contributed by atoms with Crippen molar-refractivity contribution in [1.82, 2.24) is 4.98 Å². The maximum Gasteiger partial charge on any atom is 0.316 e. The number of nitrogen functional groups attached to an aromatic ring is 1. The summed E-state index contributed by atoms with van der Waals surface area (Å²) in [6.07, 6.45) is 4.19. The Bertz CT molecular complexity index is 700. The number of fused-ring (bicyclic) bond motifs is 1. The van der Waals surface area contributed by atoms with Crippen LogP contribution >= 0.6 is 0 Å². The minimum Gasteiger partial charge on any atom is -0.428 e. The highest BCUT2D eigenvalue weighted by Gasteiger charge is 2.28. The molecule has 0 bridgehead atoms. The standard InChI is InChI=1S/C13H16N2O3S/c14-10-5-6-11-12(7-10)18-13(15-11)19(16,17)8-9-3-1-2-4-9/h5-7,9H,1-4,8,14H2. The lowest BCUT2D eigenvalue weighted by Gasteiger charge is -2.06. The number of anilines is 1. The van der Waals surface area contributed by atoms with Crippen LogP contribution in [0.3, 0.4) is 0 Å². The summed E-state index contributed by atoms with van der Waals surface area (Å²) in [6, 6.07) is 4.94. The third-order valence-electron chi connectivity index (χ3n) is 3.59. The molecule has 2 N–H and O–H groups in total. The lowest BCUT2D eigenvalue weighted by molar-refractivity contribution is 0.452. The molecule has 1 aliphatic carbocycles. The molecule has 1 heterocycles. The summed E-state index contributed by atoms with van der Waals surface area (Å²) in [6.45, 7) is 0. The quantitative estimate of drug-likeness (QED) is 0.872. The summed E-state index contributed by atoms with van der Waals surface area (Å²) in [7, 11) is -3.44. The average Bonchev–Trinajstić information content (AvgIpc) is 2.96. The molecule has 0 aliphatic heterocycles. The minimum atomic E-state index is -3.44. The zero-order valence-corrected chi connectivity index (χ0v) is 11.3. The van der Waals surface area contributed by atoms with Crippen molar-refractivity contribution in [2.45, 2.75) is 30.9 Å². The van der Waals surface area contributed by atoms with E-state index in [0.29, 0.717) is 16.8 Å². The molecule has 1 aromatic carbocycles. The van der Waals surface area contributed by atoms with Gasteiger partial charge >= 0.3 is 5.22 Å². The predicted molar refractivity (Wildman–Crippen MR) is 72.4 cm³/mol. The van der Waals surface area contributed by atoms with Crippen molar-refractivity contribution in [2.24, 2.45) is 5.92 Å². The first-order valence-electron chi connectivity index (χ1n) is 6.43. The van der Waals surface area contributed by atoms with Crippen molar-refractivity contribution in [3.8, 4) is 0 Å². The van der Waals surface area contributed by atoms with E-state index >= 15 is 0 Å². The molecule has 1 saturated carbocycles. The second-order valence-corrected chi connectivity index (χ2v) is 7.05. The molecule has 0 amide bonds. The summed E-state index contributed by atoms with van der Waals surface area (Å²) in [5.41, 5.74) is 7.12. The van der Waals surface area contributed by atoms with E-state index in [2.05, 4.69) is 4.98 Å². The molecule has 0 unspecified atom stereocenters. The summed E-state index contributed by atoms with van der Waals surface area (Å²) in [4.78, 5) is 4.06. The van der Waals surface area contributed by atoms with E-state index in [1.807, 2.05) is 0 Å². The van der Waals surface area contributed by atoms with E-state index in [9.17, 15) is 8.42 Å². The van der Waals surface area contributed by atoms with Crippen LogP contribution in [0.5, 0.6) is 0 Å². The smallest absolute Gasteiger partial charge is 0.316 e. The Hall–Kier alpha value is -1.56. The number of benzene rings is 1. The molecule has 102 valence electrons. The van der Waals surface area contributed by atoms with Crippen LogP contribution in [0.25, 0.3) is 11.1 Å². The van der Waals surface area contributed by atoms with Gasteiger partial charge in [-0.1, -0.05) is 12.8 Å². The molecule has 1 aromatic heterocycles. The van der Waals surface area contributed by atoms with Crippen LogP contribution in [-0.4, -0.2) is 19.2 Å². The number of aromatic nitrogens is 1. The number of nitrogens with zero attached hydrogens (tertiary/aromatic N) is 1. The van der Waals surface area contributed by atoms with E-state index < -0.39 is 9.84 Å². The third-order valence-corrected chi connectivity index (χ3v) is 5.21. The van der Waals surface area contributed by atoms with Crippen molar-refractivity contribution in [3.05, 3.63) is 18.2 Å². The van der Waals surface area contributed by atoms with Gasteiger partial charge in [-0.3, -0.25) is 0 Å². The van der Waals surface area contributed by atoms with Gasteiger partial charge in [0.05, 0.1) is 5.75 Å². The molecule has 6 heteroatoms. The Morgan fingerprint density at radius 2 is 2.05 bits per heavy atom. The van der Waals surface area contributed by atoms with Gasteiger partial charge in [0.2, 0.25) is 9.84 Å². The van der Waals surface area contributed by atoms with Crippen LogP contribution < -0.4 is 5.73 Å². The molecule has 0 radical (unpaired) electrons. The highest BCUT2D eigenvalue weighted by Crippen LogP contribution is 2.29. The van der Waals surface area contributed by atoms with Gasteiger partial charge in [-0.25, -0.2) is 8.42 Å². The SMILES string of the molecule is Nc1ccc2nc(S(=O)(=O)CC3CCCC3)oc2c1. The van der Waals surface area contributed by atoms with E-state index in [1.165, 1.54) is 0 Å². The van der Waals surface area contributed by atoms with Crippen molar-refractivity contribution in [3.63, 3.8) is 0 Å². The second kappa shape index (κ2) is 4.52. The van der Waals surface area contributed by atoms with Gasteiger partial charge in [-0.15, -0.1) is 0 Å². The van der Waals surface area contributed by atoms with E-state index in [-0.39, 0.29) is 16.9 Å². The van der Waals surface area contributed by atoms with Gasteiger partial charge in [0.1, 0.15) is 5.52 Å². The largest absolute Gasteiger partial charge is 0.428 e. The zero-order valence-electron chi connectivity index (χ0n) is 10.5. The van der Waals surface area contributed by atoms with Crippen molar-refractivity contribution in [1.29, 1.82) is 0 Å². The molecule has 1 aliphatic rings. The molecule has 0 atom stereocenters. The van der Waals surface area contributed by atoms with Crippen molar-refractivity contribution >= 4 is 26.6 Å². The first-order chi connectivity index (χ1) is 9.04. The molecular weight excluding hydrogens is 264 g/mol. The fraction of sp³-hybridized carbons (Fsp3) is 0.462. The number of hydrogen-bond donors (Lipinski definition) is 1. The van der Waals surface area contributed by atoms with Crippen molar-refractivity contribution < 1.29 is 12.8 Å². The fourth-order valence-corrected chi connectivity index (χ4v) is 4.16. The minimum absolute atomic E-state index is 0.134. The third kappa shape index (κ3) is 2.45. The Morgan fingerprint density at radius 1 is 1.32 bits per heavy atom. The lowest BCUT2D eigenvalue weighted by Crippen LogP contribution is -2.14. The number of rotatable bonds is 3. The van der Waals surface area contributed by atoms with Crippen LogP contribution in [0.15, 0.2) is 27.8 Å². The second-order valence-electron chi connectivity index (χ2n) is 5.14. The van der Waals surface area contributed by atoms with Crippen LogP contribution in [-0.2, 0) is 9.84 Å². The van der Waals surface area contributed by atoms with Gasteiger partial charge < -0.3 is 10.2 Å². The fourth-order valence-electron chi connectivity index (χ4n) is 2.61. The highest BCUT2D eigenvalue weighted by atomic mass is 32.2. The Kier molecular flexibility index (Phi) is 2.97. The summed E-state index contributed by atoms with van der Waals surface area (Å²) >= 11 is 0. The van der Waals surface area contributed by atoms with Crippen LogP contribution in [0.4, 0.5) is 5.69 Å². The summed E-state index contributed by atoms with van der Waals surface area (Å²) < 4.78 is 29.9. The van der Waals surface area contributed by atoms with Gasteiger partial charge in [0.15, 0.2) is 5.58 Å². The number of sulfone groups is 1. The summed E-state index contributed by atoms with van der Waals surface area (Å²) in [5.74, 6) is 0.375. The van der Waals surface area contributed by atoms with Crippen LogP contribution in [0.1, 0.15) is 25.7 Å². The molecule has 2 aromatic rings. The molecule has 1 fully saturated rings. The highest BCUT2D eigenvalue weighted by molar-refractivity contribution is 7.91. The van der Waals surface area contributed by atoms with Gasteiger partial charge in [-0.05, 0) is 30.9 Å². The Balaban J connectivity index is 1.93. The molecular formula is C13H16N2O3S. The normalized spacial score (nSPS) is 17.3. The van der Waals surface area contributed by atoms with Gasteiger partial charge in [0, 0.05) is 11.8 Å². The summed E-state index contributed by atoms with van der Waals surface area (Å²) in [5, 5.41) is -0.181. The van der Waals surface area contributed by atoms with Gasteiger partial charge in [-0.2, -0.15) is 4.98 Å². The number of oxazole rings is 1. The van der Waals surface area contributed by atoms with E-state index in [0.717, 1.165) is 25.7 Å². The first kappa shape index (κ1) is 12.5. The van der Waals surface area contributed by atoms with Crippen LogP contribution in [0.2, 0.25) is 0 Å². The molecule has 0 spiro atoms. The zero-order chi connectivity index (χ0) is 13.5.